The summed E-state index contributed by atoms with van der Waals surface area (Å²) in [5, 5.41) is 0. The van der Waals surface area contributed by atoms with E-state index in [2.05, 4.69) is 0 Å². The van der Waals surface area contributed by atoms with Crippen LogP contribution in [0.4, 0.5) is 0 Å². The monoisotopic (exact) mass is 294 g/mol. The van der Waals surface area contributed by atoms with Gasteiger partial charge in [-0.1, -0.05) is 0 Å². The second-order valence-corrected chi connectivity index (χ2v) is 4.97. The third-order valence-electron chi connectivity index (χ3n) is 3.56. The molecule has 0 aromatic carbocycles. The van der Waals surface area contributed by atoms with Gasteiger partial charge < -0.3 is 19.8 Å². The number of furan rings is 1. The van der Waals surface area contributed by atoms with Crippen molar-refractivity contribution in [3.05, 3.63) is 23.7 Å². The van der Waals surface area contributed by atoms with E-state index in [0.29, 0.717) is 18.7 Å². The number of rotatable bonds is 4. The maximum absolute atomic E-state index is 12.1. The summed E-state index contributed by atoms with van der Waals surface area (Å²) in [6, 6.07) is 0.871. The van der Waals surface area contributed by atoms with Gasteiger partial charge in [0.1, 0.15) is 17.4 Å². The van der Waals surface area contributed by atoms with Crippen molar-refractivity contribution in [2.45, 2.75) is 32.2 Å². The SMILES string of the molecule is Cc1occc1C(=O)OCC(=O)N1CCCC[C@H]1C(N)=O. The van der Waals surface area contributed by atoms with Gasteiger partial charge in [-0.25, -0.2) is 4.79 Å². The predicted octanol–water partition coefficient (Wildman–Crippen LogP) is 0.611. The Hall–Kier alpha value is -2.31. The van der Waals surface area contributed by atoms with E-state index >= 15 is 0 Å². The summed E-state index contributed by atoms with van der Waals surface area (Å²) >= 11 is 0. The summed E-state index contributed by atoms with van der Waals surface area (Å²) in [4.78, 5) is 36.6. The van der Waals surface area contributed by atoms with Gasteiger partial charge in [0.2, 0.25) is 5.91 Å². The van der Waals surface area contributed by atoms with Crippen LogP contribution in [0.25, 0.3) is 0 Å². The maximum Gasteiger partial charge on any atom is 0.342 e. The number of nitrogens with two attached hydrogens (primary N) is 1. The summed E-state index contributed by atoms with van der Waals surface area (Å²) in [7, 11) is 0. The number of likely N-dealkylation sites (tertiary alicyclic amines) is 1. The number of carbonyl (C=O) groups excluding carboxylic acids is 3. The molecule has 2 heterocycles. The lowest BCUT2D eigenvalue weighted by atomic mass is 10.0. The molecule has 2 amide bonds. The van der Waals surface area contributed by atoms with Gasteiger partial charge in [-0.15, -0.1) is 0 Å². The van der Waals surface area contributed by atoms with Gasteiger partial charge in [0, 0.05) is 6.54 Å². The maximum atomic E-state index is 12.1. The van der Waals surface area contributed by atoms with E-state index in [1.807, 2.05) is 0 Å². The van der Waals surface area contributed by atoms with Crippen LogP contribution in [-0.4, -0.2) is 41.9 Å². The molecule has 7 nitrogen and oxygen atoms in total. The molecule has 114 valence electrons. The van der Waals surface area contributed by atoms with Gasteiger partial charge in [-0.05, 0) is 32.3 Å². The van der Waals surface area contributed by atoms with Crippen molar-refractivity contribution in [2.75, 3.05) is 13.2 Å². The van der Waals surface area contributed by atoms with Gasteiger partial charge in [-0.3, -0.25) is 9.59 Å². The van der Waals surface area contributed by atoms with Crippen molar-refractivity contribution in [3.8, 4) is 0 Å². The van der Waals surface area contributed by atoms with E-state index in [-0.39, 0.29) is 5.56 Å². The molecule has 0 aliphatic carbocycles. The zero-order valence-electron chi connectivity index (χ0n) is 11.8. The third kappa shape index (κ3) is 3.42. The van der Waals surface area contributed by atoms with E-state index in [0.717, 1.165) is 12.8 Å². The van der Waals surface area contributed by atoms with Crippen LogP contribution in [0.2, 0.25) is 0 Å². The standard InChI is InChI=1S/C14H18N2O5/c1-9-10(5-7-20-9)14(19)21-8-12(17)16-6-3-2-4-11(16)13(15)18/h5,7,11H,2-4,6,8H2,1H3,(H2,15,18)/t11-/m0/s1. The number of hydrogen-bond acceptors (Lipinski definition) is 5. The van der Waals surface area contributed by atoms with E-state index in [9.17, 15) is 14.4 Å². The van der Waals surface area contributed by atoms with Crippen LogP contribution in [0, 0.1) is 6.92 Å². The Balaban J connectivity index is 1.93. The summed E-state index contributed by atoms with van der Waals surface area (Å²) in [6.07, 6.45) is 3.59. The molecule has 2 N–H and O–H groups in total. The van der Waals surface area contributed by atoms with Crippen LogP contribution in [0.1, 0.15) is 35.4 Å². The first-order valence-electron chi connectivity index (χ1n) is 6.80. The van der Waals surface area contributed by atoms with Crippen molar-refractivity contribution in [3.63, 3.8) is 0 Å². The van der Waals surface area contributed by atoms with Crippen molar-refractivity contribution < 1.29 is 23.5 Å². The lowest BCUT2D eigenvalue weighted by Gasteiger charge is -2.33. The van der Waals surface area contributed by atoms with Gasteiger partial charge in [-0.2, -0.15) is 0 Å². The van der Waals surface area contributed by atoms with Crippen LogP contribution in [-0.2, 0) is 14.3 Å². The minimum atomic E-state index is -0.623. The minimum Gasteiger partial charge on any atom is -0.469 e. The fourth-order valence-corrected chi connectivity index (χ4v) is 2.41. The highest BCUT2D eigenvalue weighted by Gasteiger charge is 2.31. The van der Waals surface area contributed by atoms with E-state index in [1.165, 1.54) is 17.2 Å². The largest absolute Gasteiger partial charge is 0.469 e. The summed E-state index contributed by atoms with van der Waals surface area (Å²) in [6.45, 7) is 1.67. The molecule has 1 atom stereocenters. The molecule has 2 rings (SSSR count). The van der Waals surface area contributed by atoms with Crippen LogP contribution in [0.15, 0.2) is 16.7 Å². The van der Waals surface area contributed by atoms with Crippen molar-refractivity contribution >= 4 is 17.8 Å². The van der Waals surface area contributed by atoms with Crippen LogP contribution in [0.5, 0.6) is 0 Å². The van der Waals surface area contributed by atoms with Crippen molar-refractivity contribution in [2.24, 2.45) is 5.73 Å². The molecular formula is C14H18N2O5. The highest BCUT2D eigenvalue weighted by Crippen LogP contribution is 2.17. The molecule has 0 saturated carbocycles. The second kappa shape index (κ2) is 6.43. The number of esters is 1. The number of piperidine rings is 1. The number of amides is 2. The predicted molar refractivity (Wildman–Crippen MR) is 72.3 cm³/mol. The number of primary amides is 1. The minimum absolute atomic E-state index is 0.285. The summed E-state index contributed by atoms with van der Waals surface area (Å²) in [5.74, 6) is -1.13. The molecule has 0 spiro atoms. The van der Waals surface area contributed by atoms with Gasteiger partial charge in [0.25, 0.3) is 5.91 Å². The lowest BCUT2D eigenvalue weighted by Crippen LogP contribution is -2.51. The molecule has 0 unspecified atom stereocenters. The number of ether oxygens (including phenoxy) is 1. The normalized spacial score (nSPS) is 18.3. The van der Waals surface area contributed by atoms with Gasteiger partial charge in [0.05, 0.1) is 6.26 Å². The quantitative estimate of drug-likeness (QED) is 0.820. The zero-order valence-corrected chi connectivity index (χ0v) is 11.8. The first-order chi connectivity index (χ1) is 10.0. The Morgan fingerprint density at radius 3 is 2.81 bits per heavy atom. The number of carbonyl (C=O) groups is 3. The zero-order chi connectivity index (χ0) is 15.4. The summed E-state index contributed by atoms with van der Waals surface area (Å²) < 4.78 is 9.97. The average molecular weight is 294 g/mol. The van der Waals surface area contributed by atoms with Gasteiger partial charge >= 0.3 is 5.97 Å². The van der Waals surface area contributed by atoms with E-state index < -0.39 is 30.4 Å². The molecule has 1 aliphatic heterocycles. The Bertz CT molecular complexity index is 551. The molecule has 1 aromatic rings. The van der Waals surface area contributed by atoms with Crippen molar-refractivity contribution in [1.29, 1.82) is 0 Å². The number of hydrogen-bond donors (Lipinski definition) is 1. The smallest absolute Gasteiger partial charge is 0.342 e. The molecule has 0 bridgehead atoms. The second-order valence-electron chi connectivity index (χ2n) is 4.97. The van der Waals surface area contributed by atoms with E-state index in [1.54, 1.807) is 6.92 Å². The highest BCUT2D eigenvalue weighted by molar-refractivity contribution is 5.93. The third-order valence-corrected chi connectivity index (χ3v) is 3.56. The Kier molecular flexibility index (Phi) is 4.62. The summed E-state index contributed by atoms with van der Waals surface area (Å²) in [5.41, 5.74) is 5.58. The van der Waals surface area contributed by atoms with Crippen LogP contribution in [0.3, 0.4) is 0 Å². The van der Waals surface area contributed by atoms with Crippen molar-refractivity contribution in [1.82, 2.24) is 4.90 Å². The molecule has 0 radical (unpaired) electrons. The van der Waals surface area contributed by atoms with Gasteiger partial charge in [0.15, 0.2) is 6.61 Å². The fraction of sp³-hybridized carbons (Fsp3) is 0.500. The van der Waals surface area contributed by atoms with E-state index in [4.69, 9.17) is 14.9 Å². The molecule has 1 aliphatic rings. The van der Waals surface area contributed by atoms with Crippen LogP contribution >= 0.6 is 0 Å². The Morgan fingerprint density at radius 2 is 2.19 bits per heavy atom. The van der Waals surface area contributed by atoms with Crippen LogP contribution < -0.4 is 5.73 Å². The average Bonchev–Trinajstić information content (AvgIpc) is 2.90. The Morgan fingerprint density at radius 1 is 1.43 bits per heavy atom. The molecule has 1 saturated heterocycles. The molecular weight excluding hydrogens is 276 g/mol. The first kappa shape index (κ1) is 15.1. The molecule has 1 aromatic heterocycles. The lowest BCUT2D eigenvalue weighted by molar-refractivity contribution is -0.143. The topological polar surface area (TPSA) is 103 Å². The number of aryl methyl sites for hydroxylation is 1. The Labute approximate surface area is 122 Å². The molecule has 7 heteroatoms. The molecule has 1 fully saturated rings. The first-order valence-corrected chi connectivity index (χ1v) is 6.80. The number of nitrogens with zero attached hydrogens (tertiary/aromatic N) is 1. The highest BCUT2D eigenvalue weighted by atomic mass is 16.5. The fourth-order valence-electron chi connectivity index (χ4n) is 2.41. The molecule has 21 heavy (non-hydrogen) atoms.